The molecule has 0 aliphatic heterocycles. The first-order valence-electron chi connectivity index (χ1n) is 8.26. The van der Waals surface area contributed by atoms with Gasteiger partial charge in [-0.25, -0.2) is 0 Å². The van der Waals surface area contributed by atoms with E-state index >= 15 is 0 Å². The van der Waals surface area contributed by atoms with Crippen LogP contribution in [0.25, 0.3) is 11.1 Å². The fraction of sp³-hybridized carbons (Fsp3) is 0.350. The number of hydrogen-bond acceptors (Lipinski definition) is 3. The molecule has 4 nitrogen and oxygen atoms in total. The SMILES string of the molecule is CCCC(NCc1cc(-c2ccccc2C)ccc1OC)C(=O)O. The smallest absolute Gasteiger partial charge is 0.320 e. The molecular formula is C20H25NO3. The summed E-state index contributed by atoms with van der Waals surface area (Å²) in [6.07, 6.45) is 1.43. The van der Waals surface area contributed by atoms with E-state index in [0.717, 1.165) is 23.3 Å². The Morgan fingerprint density at radius 1 is 1.25 bits per heavy atom. The summed E-state index contributed by atoms with van der Waals surface area (Å²) in [6.45, 7) is 4.52. The van der Waals surface area contributed by atoms with E-state index in [4.69, 9.17) is 4.74 Å². The molecule has 1 unspecified atom stereocenters. The summed E-state index contributed by atoms with van der Waals surface area (Å²) in [6, 6.07) is 13.7. The Balaban J connectivity index is 2.26. The predicted molar refractivity (Wildman–Crippen MR) is 96.3 cm³/mol. The molecule has 0 fully saturated rings. The molecular weight excluding hydrogens is 302 g/mol. The summed E-state index contributed by atoms with van der Waals surface area (Å²) >= 11 is 0. The first-order valence-corrected chi connectivity index (χ1v) is 8.26. The molecule has 24 heavy (non-hydrogen) atoms. The van der Waals surface area contributed by atoms with Crippen molar-refractivity contribution in [2.75, 3.05) is 7.11 Å². The van der Waals surface area contributed by atoms with Gasteiger partial charge in [-0.15, -0.1) is 0 Å². The van der Waals surface area contributed by atoms with Crippen molar-refractivity contribution in [1.82, 2.24) is 5.32 Å². The highest BCUT2D eigenvalue weighted by Gasteiger charge is 2.16. The van der Waals surface area contributed by atoms with Crippen LogP contribution in [0.15, 0.2) is 42.5 Å². The zero-order valence-electron chi connectivity index (χ0n) is 14.5. The van der Waals surface area contributed by atoms with Gasteiger partial charge in [0.05, 0.1) is 7.11 Å². The number of carboxylic acids is 1. The average Bonchev–Trinajstić information content (AvgIpc) is 2.58. The van der Waals surface area contributed by atoms with E-state index in [0.29, 0.717) is 13.0 Å². The summed E-state index contributed by atoms with van der Waals surface area (Å²) in [5, 5.41) is 12.4. The molecule has 0 spiro atoms. The third-order valence-corrected chi connectivity index (χ3v) is 4.15. The van der Waals surface area contributed by atoms with Crippen LogP contribution in [-0.4, -0.2) is 24.2 Å². The van der Waals surface area contributed by atoms with E-state index in [-0.39, 0.29) is 0 Å². The van der Waals surface area contributed by atoms with Crippen molar-refractivity contribution in [2.24, 2.45) is 0 Å². The quantitative estimate of drug-likeness (QED) is 0.769. The van der Waals surface area contributed by atoms with Crippen molar-refractivity contribution < 1.29 is 14.6 Å². The van der Waals surface area contributed by atoms with E-state index in [1.54, 1.807) is 7.11 Å². The minimum atomic E-state index is -0.814. The van der Waals surface area contributed by atoms with Crippen LogP contribution < -0.4 is 10.1 Å². The first kappa shape index (κ1) is 18.0. The van der Waals surface area contributed by atoms with Gasteiger partial charge in [-0.2, -0.15) is 0 Å². The second-order valence-electron chi connectivity index (χ2n) is 5.90. The number of benzene rings is 2. The molecule has 0 radical (unpaired) electrons. The van der Waals surface area contributed by atoms with Crippen molar-refractivity contribution in [3.8, 4) is 16.9 Å². The van der Waals surface area contributed by atoms with E-state index in [9.17, 15) is 9.90 Å². The maximum atomic E-state index is 11.3. The summed E-state index contributed by atoms with van der Waals surface area (Å²) in [5.41, 5.74) is 4.44. The molecule has 2 aromatic carbocycles. The van der Waals surface area contributed by atoms with Gasteiger partial charge in [-0.05, 0) is 42.2 Å². The maximum Gasteiger partial charge on any atom is 0.320 e. The van der Waals surface area contributed by atoms with Gasteiger partial charge in [0.15, 0.2) is 0 Å². The van der Waals surface area contributed by atoms with E-state index < -0.39 is 12.0 Å². The molecule has 0 bridgehead atoms. The highest BCUT2D eigenvalue weighted by atomic mass is 16.5. The monoisotopic (exact) mass is 327 g/mol. The molecule has 0 aromatic heterocycles. The molecule has 0 aliphatic rings. The maximum absolute atomic E-state index is 11.3. The van der Waals surface area contributed by atoms with Crippen molar-refractivity contribution >= 4 is 5.97 Å². The van der Waals surface area contributed by atoms with Gasteiger partial charge in [0.1, 0.15) is 11.8 Å². The molecule has 2 rings (SSSR count). The standard InChI is InChI=1S/C20H25NO3/c1-4-7-18(20(22)23)21-13-16-12-15(10-11-19(16)24-3)17-9-6-5-8-14(17)2/h5-6,8-12,18,21H,4,7,13H2,1-3H3,(H,22,23). The van der Waals surface area contributed by atoms with Crippen molar-refractivity contribution in [3.05, 3.63) is 53.6 Å². The van der Waals surface area contributed by atoms with Crippen LogP contribution in [0.3, 0.4) is 0 Å². The summed E-state index contributed by atoms with van der Waals surface area (Å²) in [5.74, 6) is -0.0497. The lowest BCUT2D eigenvalue weighted by Crippen LogP contribution is -2.36. The van der Waals surface area contributed by atoms with Crippen LogP contribution in [0.5, 0.6) is 5.75 Å². The van der Waals surface area contributed by atoms with Gasteiger partial charge >= 0.3 is 5.97 Å². The van der Waals surface area contributed by atoms with Crippen LogP contribution in [0.2, 0.25) is 0 Å². The second kappa shape index (κ2) is 8.50. The number of methoxy groups -OCH3 is 1. The Morgan fingerprint density at radius 2 is 2.00 bits per heavy atom. The third-order valence-electron chi connectivity index (χ3n) is 4.15. The molecule has 128 valence electrons. The van der Waals surface area contributed by atoms with Gasteiger partial charge in [0, 0.05) is 12.1 Å². The molecule has 2 aromatic rings. The Kier molecular flexibility index (Phi) is 6.38. The number of aliphatic carboxylic acids is 1. The lowest BCUT2D eigenvalue weighted by Gasteiger charge is -2.16. The number of nitrogens with one attached hydrogen (secondary N) is 1. The van der Waals surface area contributed by atoms with E-state index in [1.165, 1.54) is 11.1 Å². The lowest BCUT2D eigenvalue weighted by molar-refractivity contribution is -0.139. The van der Waals surface area contributed by atoms with E-state index in [1.807, 2.05) is 31.2 Å². The fourth-order valence-electron chi connectivity index (χ4n) is 2.82. The zero-order valence-corrected chi connectivity index (χ0v) is 14.5. The fourth-order valence-corrected chi connectivity index (χ4v) is 2.82. The molecule has 0 heterocycles. The van der Waals surface area contributed by atoms with Gasteiger partial charge in [0.2, 0.25) is 0 Å². The van der Waals surface area contributed by atoms with Crippen LogP contribution in [0.4, 0.5) is 0 Å². The molecule has 0 saturated heterocycles. The number of aryl methyl sites for hydroxylation is 1. The average molecular weight is 327 g/mol. The minimum absolute atomic E-state index is 0.458. The molecule has 2 N–H and O–H groups in total. The third kappa shape index (κ3) is 4.36. The summed E-state index contributed by atoms with van der Waals surface area (Å²) < 4.78 is 5.43. The predicted octanol–water partition coefficient (Wildman–Crippen LogP) is 4.01. The largest absolute Gasteiger partial charge is 0.496 e. The van der Waals surface area contributed by atoms with Gasteiger partial charge in [-0.1, -0.05) is 43.7 Å². The van der Waals surface area contributed by atoms with Crippen molar-refractivity contribution in [1.29, 1.82) is 0 Å². The zero-order chi connectivity index (χ0) is 17.5. The van der Waals surface area contributed by atoms with Crippen LogP contribution in [-0.2, 0) is 11.3 Å². The number of hydrogen-bond donors (Lipinski definition) is 2. The number of ether oxygens (including phenoxy) is 1. The Labute approximate surface area is 143 Å². The normalized spacial score (nSPS) is 12.0. The summed E-state index contributed by atoms with van der Waals surface area (Å²) in [7, 11) is 1.63. The van der Waals surface area contributed by atoms with Crippen molar-refractivity contribution in [2.45, 2.75) is 39.3 Å². The highest BCUT2D eigenvalue weighted by Crippen LogP contribution is 2.28. The first-order chi connectivity index (χ1) is 11.6. The van der Waals surface area contributed by atoms with Crippen LogP contribution >= 0.6 is 0 Å². The number of rotatable bonds is 8. The summed E-state index contributed by atoms with van der Waals surface area (Å²) in [4.78, 5) is 11.3. The lowest BCUT2D eigenvalue weighted by atomic mass is 9.98. The van der Waals surface area contributed by atoms with Crippen LogP contribution in [0.1, 0.15) is 30.9 Å². The topological polar surface area (TPSA) is 58.6 Å². The highest BCUT2D eigenvalue weighted by molar-refractivity contribution is 5.73. The Bertz CT molecular complexity index is 697. The van der Waals surface area contributed by atoms with E-state index in [2.05, 4.69) is 30.4 Å². The Hall–Kier alpha value is -2.33. The number of carbonyl (C=O) groups is 1. The van der Waals surface area contributed by atoms with Gasteiger partial charge in [-0.3, -0.25) is 4.79 Å². The molecule has 0 saturated carbocycles. The molecule has 4 heteroatoms. The van der Waals surface area contributed by atoms with Crippen LogP contribution in [0, 0.1) is 6.92 Å². The second-order valence-corrected chi connectivity index (χ2v) is 5.90. The Morgan fingerprint density at radius 3 is 2.62 bits per heavy atom. The molecule has 1 atom stereocenters. The number of carboxylic acid groups (broad SMARTS) is 1. The van der Waals surface area contributed by atoms with Crippen molar-refractivity contribution in [3.63, 3.8) is 0 Å². The molecule has 0 aliphatic carbocycles. The van der Waals surface area contributed by atoms with Gasteiger partial charge < -0.3 is 15.2 Å². The van der Waals surface area contributed by atoms with Gasteiger partial charge in [0.25, 0.3) is 0 Å². The minimum Gasteiger partial charge on any atom is -0.496 e. The molecule has 0 amide bonds.